The lowest BCUT2D eigenvalue weighted by atomic mass is 9.84. The highest BCUT2D eigenvalue weighted by molar-refractivity contribution is 6.24. The molecule has 3 aliphatic rings. The van der Waals surface area contributed by atoms with Crippen molar-refractivity contribution in [1.29, 1.82) is 0 Å². The number of Topliss-reactive ketones (excluding diaryl/α,β-unsaturated/α-hetero) is 1. The molecule has 5 heteroatoms. The standard InChI is InChI=1S/C24H22N2O3/c1-13-8-9-17(12-14(13)2)26-23(28)19-20(24(26)29)22-18-7-5-4-6-16(18)10-11-25(22)21(19)15(3)27/h4-12,19-22H,1-3H3/t19-,20+,21-,22+/m1/s1. The quantitative estimate of drug-likeness (QED) is 0.743. The van der Waals surface area contributed by atoms with Gasteiger partial charge < -0.3 is 4.90 Å². The molecule has 0 aromatic heterocycles. The van der Waals surface area contributed by atoms with Crippen molar-refractivity contribution in [1.82, 2.24) is 4.90 Å². The largest absolute Gasteiger partial charge is 0.359 e. The summed E-state index contributed by atoms with van der Waals surface area (Å²) < 4.78 is 0. The van der Waals surface area contributed by atoms with Crippen molar-refractivity contribution in [2.24, 2.45) is 11.8 Å². The molecule has 0 radical (unpaired) electrons. The summed E-state index contributed by atoms with van der Waals surface area (Å²) in [5.74, 6) is -1.81. The van der Waals surface area contributed by atoms with E-state index in [9.17, 15) is 14.4 Å². The summed E-state index contributed by atoms with van der Waals surface area (Å²) in [5.41, 5.74) is 4.74. The van der Waals surface area contributed by atoms with Crippen LogP contribution in [-0.2, 0) is 14.4 Å². The number of ketones is 1. The van der Waals surface area contributed by atoms with Gasteiger partial charge in [0.05, 0.1) is 29.6 Å². The highest BCUT2D eigenvalue weighted by Gasteiger charge is 2.63. The number of carbonyl (C=O) groups excluding carboxylic acids is 3. The number of anilines is 1. The molecule has 5 nitrogen and oxygen atoms in total. The zero-order valence-corrected chi connectivity index (χ0v) is 16.6. The van der Waals surface area contributed by atoms with Crippen LogP contribution >= 0.6 is 0 Å². The Hall–Kier alpha value is -3.21. The second kappa shape index (κ2) is 6.14. The van der Waals surface area contributed by atoms with Crippen LogP contribution in [0.2, 0.25) is 0 Å². The van der Waals surface area contributed by atoms with E-state index in [1.165, 1.54) is 11.8 Å². The SMILES string of the molecule is CC(=O)[C@@H]1[C@@H]2C(=O)N(c3ccc(C)c(C)c3)C(=O)[C@@H]2[C@@H]2c3ccccc3C=CN12. The second-order valence-electron chi connectivity index (χ2n) is 8.22. The first kappa shape index (κ1) is 17.9. The number of benzene rings is 2. The maximum atomic E-state index is 13.6. The van der Waals surface area contributed by atoms with Crippen molar-refractivity contribution in [3.8, 4) is 0 Å². The van der Waals surface area contributed by atoms with E-state index in [1.54, 1.807) is 0 Å². The minimum Gasteiger partial charge on any atom is -0.359 e. The summed E-state index contributed by atoms with van der Waals surface area (Å²) in [4.78, 5) is 42.9. The molecule has 2 saturated heterocycles. The van der Waals surface area contributed by atoms with Crippen LogP contribution in [0.5, 0.6) is 0 Å². The Balaban J connectivity index is 1.65. The zero-order chi connectivity index (χ0) is 20.4. The molecular formula is C24H22N2O3. The lowest BCUT2D eigenvalue weighted by Crippen LogP contribution is -2.43. The zero-order valence-electron chi connectivity index (χ0n) is 16.6. The number of nitrogens with zero attached hydrogens (tertiary/aromatic N) is 2. The summed E-state index contributed by atoms with van der Waals surface area (Å²) in [6.45, 7) is 5.47. The second-order valence-corrected chi connectivity index (χ2v) is 8.22. The first-order chi connectivity index (χ1) is 13.9. The van der Waals surface area contributed by atoms with Gasteiger partial charge >= 0.3 is 0 Å². The van der Waals surface area contributed by atoms with Gasteiger partial charge in [0, 0.05) is 6.20 Å². The van der Waals surface area contributed by atoms with Crippen molar-refractivity contribution in [2.45, 2.75) is 32.9 Å². The van der Waals surface area contributed by atoms with Crippen LogP contribution in [0.4, 0.5) is 5.69 Å². The van der Waals surface area contributed by atoms with Crippen LogP contribution in [0.3, 0.4) is 0 Å². The van der Waals surface area contributed by atoms with E-state index in [-0.39, 0.29) is 23.6 Å². The van der Waals surface area contributed by atoms with Crippen LogP contribution in [0.1, 0.15) is 35.2 Å². The number of carbonyl (C=O) groups is 3. The Kier molecular flexibility index (Phi) is 3.78. The number of imide groups is 1. The lowest BCUT2D eigenvalue weighted by Gasteiger charge is -2.35. The van der Waals surface area contributed by atoms with Gasteiger partial charge in [0.15, 0.2) is 5.78 Å². The Morgan fingerprint density at radius 3 is 2.38 bits per heavy atom. The van der Waals surface area contributed by atoms with Crippen LogP contribution in [0.15, 0.2) is 48.7 Å². The molecule has 0 N–H and O–H groups in total. The maximum Gasteiger partial charge on any atom is 0.240 e. The fourth-order valence-corrected chi connectivity index (χ4v) is 5.14. The summed E-state index contributed by atoms with van der Waals surface area (Å²) in [7, 11) is 0. The summed E-state index contributed by atoms with van der Waals surface area (Å²) >= 11 is 0. The molecule has 2 aromatic carbocycles. The van der Waals surface area contributed by atoms with E-state index >= 15 is 0 Å². The van der Waals surface area contributed by atoms with Crippen molar-refractivity contribution >= 4 is 29.4 Å². The predicted molar refractivity (Wildman–Crippen MR) is 110 cm³/mol. The van der Waals surface area contributed by atoms with Gasteiger partial charge in [-0.1, -0.05) is 30.3 Å². The molecule has 5 rings (SSSR count). The average Bonchev–Trinajstić information content (AvgIpc) is 3.17. The molecule has 0 spiro atoms. The minimum atomic E-state index is -0.664. The Bertz CT molecular complexity index is 1100. The van der Waals surface area contributed by atoms with E-state index < -0.39 is 17.9 Å². The molecule has 2 aromatic rings. The number of fused-ring (bicyclic) bond motifs is 5. The smallest absolute Gasteiger partial charge is 0.240 e. The van der Waals surface area contributed by atoms with Crippen LogP contribution < -0.4 is 4.90 Å². The third kappa shape index (κ3) is 2.36. The summed E-state index contributed by atoms with van der Waals surface area (Å²) in [6.07, 6.45) is 3.83. The fraction of sp³-hybridized carbons (Fsp3) is 0.292. The highest BCUT2D eigenvalue weighted by atomic mass is 16.2. The summed E-state index contributed by atoms with van der Waals surface area (Å²) in [5, 5.41) is 0. The van der Waals surface area contributed by atoms with Gasteiger partial charge in [0.2, 0.25) is 11.8 Å². The number of hydrogen-bond donors (Lipinski definition) is 0. The van der Waals surface area contributed by atoms with Crippen molar-refractivity contribution < 1.29 is 14.4 Å². The monoisotopic (exact) mass is 386 g/mol. The molecule has 29 heavy (non-hydrogen) atoms. The molecular weight excluding hydrogens is 364 g/mol. The minimum absolute atomic E-state index is 0.0883. The molecule has 146 valence electrons. The van der Waals surface area contributed by atoms with Crippen molar-refractivity contribution in [3.05, 3.63) is 70.9 Å². The van der Waals surface area contributed by atoms with E-state index in [2.05, 4.69) is 0 Å². The Morgan fingerprint density at radius 2 is 1.66 bits per heavy atom. The van der Waals surface area contributed by atoms with Gasteiger partial charge in [0.1, 0.15) is 0 Å². The third-order valence-corrected chi connectivity index (χ3v) is 6.63. The van der Waals surface area contributed by atoms with Crippen molar-refractivity contribution in [3.63, 3.8) is 0 Å². The van der Waals surface area contributed by atoms with Crippen molar-refractivity contribution in [2.75, 3.05) is 4.90 Å². The summed E-state index contributed by atoms with van der Waals surface area (Å²) in [6, 6.07) is 12.6. The molecule has 2 fully saturated rings. The highest BCUT2D eigenvalue weighted by Crippen LogP contribution is 2.53. The Morgan fingerprint density at radius 1 is 0.931 bits per heavy atom. The van der Waals surface area contributed by atoms with Gasteiger partial charge in [-0.3, -0.25) is 14.4 Å². The normalized spacial score (nSPS) is 27.1. The van der Waals surface area contributed by atoms with Gasteiger partial charge in [-0.25, -0.2) is 4.90 Å². The molecule has 3 heterocycles. The van der Waals surface area contributed by atoms with Crippen LogP contribution in [0.25, 0.3) is 6.08 Å². The third-order valence-electron chi connectivity index (χ3n) is 6.63. The molecule has 0 aliphatic carbocycles. The van der Waals surface area contributed by atoms with Gasteiger partial charge in [0.25, 0.3) is 0 Å². The molecule has 2 amide bonds. The molecule has 0 unspecified atom stereocenters. The van der Waals surface area contributed by atoms with Gasteiger partial charge in [-0.05, 0) is 61.2 Å². The fourth-order valence-electron chi connectivity index (χ4n) is 5.14. The number of hydrogen-bond acceptors (Lipinski definition) is 4. The molecule has 4 atom stereocenters. The molecule has 3 aliphatic heterocycles. The number of rotatable bonds is 2. The topological polar surface area (TPSA) is 57.7 Å². The van der Waals surface area contributed by atoms with Gasteiger partial charge in [-0.2, -0.15) is 0 Å². The maximum absolute atomic E-state index is 13.6. The first-order valence-electron chi connectivity index (χ1n) is 9.90. The van der Waals surface area contributed by atoms with E-state index in [1.807, 2.05) is 73.5 Å². The number of amides is 2. The van der Waals surface area contributed by atoms with E-state index in [0.29, 0.717) is 5.69 Å². The van der Waals surface area contributed by atoms with Crippen LogP contribution in [0, 0.1) is 25.7 Å². The lowest BCUT2D eigenvalue weighted by molar-refractivity contribution is -0.129. The Labute approximate surface area is 169 Å². The average molecular weight is 386 g/mol. The van der Waals surface area contributed by atoms with E-state index in [4.69, 9.17) is 0 Å². The number of aryl methyl sites for hydroxylation is 2. The van der Waals surface area contributed by atoms with E-state index in [0.717, 1.165) is 22.3 Å². The first-order valence-corrected chi connectivity index (χ1v) is 9.90. The molecule has 0 bridgehead atoms. The molecule has 0 saturated carbocycles. The van der Waals surface area contributed by atoms with Crippen LogP contribution in [-0.4, -0.2) is 28.5 Å². The predicted octanol–water partition coefficient (Wildman–Crippen LogP) is 3.41. The van der Waals surface area contributed by atoms with Gasteiger partial charge in [-0.15, -0.1) is 0 Å².